The van der Waals surface area contributed by atoms with Crippen LogP contribution in [0.25, 0.3) is 0 Å². The first-order valence-corrected chi connectivity index (χ1v) is 13.6. The Kier molecular flexibility index (Phi) is 9.91. The van der Waals surface area contributed by atoms with E-state index >= 15 is 0 Å². The van der Waals surface area contributed by atoms with Gasteiger partial charge in [0.05, 0.1) is 24.6 Å². The van der Waals surface area contributed by atoms with Crippen LogP contribution in [0.2, 0.25) is 0 Å². The molecule has 0 aromatic heterocycles. The van der Waals surface area contributed by atoms with Crippen LogP contribution in [0.15, 0.2) is 48.5 Å². The molecule has 12 nitrogen and oxygen atoms in total. The van der Waals surface area contributed by atoms with Gasteiger partial charge in [0.1, 0.15) is 24.4 Å². The van der Waals surface area contributed by atoms with E-state index < -0.39 is 48.2 Å². The Labute approximate surface area is 237 Å². The largest absolute Gasteiger partial charge is 0.491 e. The van der Waals surface area contributed by atoms with E-state index in [0.717, 1.165) is 24.1 Å². The molecule has 2 aliphatic rings. The van der Waals surface area contributed by atoms with E-state index in [1.165, 1.54) is 13.0 Å². The number of fused-ring (bicyclic) bond motifs is 1. The number of nitrogens with one attached hydrogen (secondary N) is 4. The first kappa shape index (κ1) is 29.5. The van der Waals surface area contributed by atoms with Crippen molar-refractivity contribution in [1.29, 1.82) is 0 Å². The molecule has 41 heavy (non-hydrogen) atoms. The third-order valence-corrected chi connectivity index (χ3v) is 6.92. The lowest BCUT2D eigenvalue weighted by Crippen LogP contribution is -2.55. The second-order valence-corrected chi connectivity index (χ2v) is 10.1. The van der Waals surface area contributed by atoms with Gasteiger partial charge < -0.3 is 36.0 Å². The molecule has 3 atom stereocenters. The van der Waals surface area contributed by atoms with Gasteiger partial charge in [0.15, 0.2) is 0 Å². The number of aliphatic hydroxyl groups is 1. The molecule has 0 bridgehead atoms. The fraction of sp³-hybridized carbons (Fsp3) is 0.414. The van der Waals surface area contributed by atoms with Crippen LogP contribution in [0, 0.1) is 0 Å². The zero-order valence-electron chi connectivity index (χ0n) is 22.9. The summed E-state index contributed by atoms with van der Waals surface area (Å²) in [6.45, 7) is 2.89. The molecule has 0 radical (unpaired) electrons. The summed E-state index contributed by atoms with van der Waals surface area (Å²) >= 11 is 0. The molecule has 1 saturated heterocycles. The number of ether oxygens (including phenoxy) is 1. The third kappa shape index (κ3) is 8.04. The van der Waals surface area contributed by atoms with Crippen LogP contribution in [0.4, 0.5) is 0 Å². The molecular formula is C29H35N5O7. The van der Waals surface area contributed by atoms with Gasteiger partial charge in [-0.05, 0) is 36.6 Å². The summed E-state index contributed by atoms with van der Waals surface area (Å²) in [5, 5.41) is 20.5. The van der Waals surface area contributed by atoms with E-state index in [1.54, 1.807) is 18.2 Å². The normalized spacial score (nSPS) is 21.0. The predicted molar refractivity (Wildman–Crippen MR) is 147 cm³/mol. The number of hydrogen-bond acceptors (Lipinski definition) is 7. The van der Waals surface area contributed by atoms with Crippen LogP contribution < -0.4 is 26.0 Å². The zero-order chi connectivity index (χ0) is 29.4. The average Bonchev–Trinajstić information content (AvgIpc) is 3.36. The molecule has 2 aliphatic heterocycles. The molecule has 0 saturated carbocycles. The molecule has 0 aliphatic carbocycles. The lowest BCUT2D eigenvalue weighted by atomic mass is 10.1. The van der Waals surface area contributed by atoms with Crippen LogP contribution in [-0.2, 0) is 32.3 Å². The highest BCUT2D eigenvalue weighted by molar-refractivity contribution is 6.01. The molecule has 218 valence electrons. The topological polar surface area (TPSA) is 166 Å². The highest BCUT2D eigenvalue weighted by atomic mass is 16.5. The van der Waals surface area contributed by atoms with Crippen LogP contribution in [-0.4, -0.2) is 77.4 Å². The van der Waals surface area contributed by atoms with Gasteiger partial charge in [-0.15, -0.1) is 0 Å². The fourth-order valence-corrected chi connectivity index (χ4v) is 4.66. The molecule has 4 rings (SSSR count). The summed E-state index contributed by atoms with van der Waals surface area (Å²) < 4.78 is 5.68. The van der Waals surface area contributed by atoms with Crippen molar-refractivity contribution in [3.63, 3.8) is 0 Å². The minimum absolute atomic E-state index is 0.0353. The van der Waals surface area contributed by atoms with Gasteiger partial charge >= 0.3 is 0 Å². The molecule has 12 heteroatoms. The standard InChI is InChI=1S/C29H35N5O7/c1-18(35)26-29(40)30-12-14-41-23-6-3-2-5-21(23)27(38)32-22(15-24(36)33-26)28(39)31-16-19-8-10-20(11-9-19)17-34-13-4-7-25(34)37/h2-3,5-6,8-11,18,22,26,35H,4,7,12-17H2,1H3,(H,30,40)(H,31,39)(H,32,38)(H,33,36)/t18-,22+,26+/m1/s1. The Bertz CT molecular complexity index is 1280. The summed E-state index contributed by atoms with van der Waals surface area (Å²) in [5.74, 6) is -2.13. The second kappa shape index (κ2) is 13.8. The van der Waals surface area contributed by atoms with Crippen molar-refractivity contribution in [1.82, 2.24) is 26.2 Å². The fourth-order valence-electron chi connectivity index (χ4n) is 4.66. The molecule has 5 N–H and O–H groups in total. The van der Waals surface area contributed by atoms with Gasteiger partial charge in [0.2, 0.25) is 23.6 Å². The Morgan fingerprint density at radius 3 is 2.51 bits per heavy atom. The Balaban J connectivity index is 1.46. The van der Waals surface area contributed by atoms with Gasteiger partial charge in [-0.25, -0.2) is 0 Å². The third-order valence-electron chi connectivity index (χ3n) is 6.92. The number of benzene rings is 2. The molecule has 2 aromatic carbocycles. The molecule has 2 aromatic rings. The van der Waals surface area contributed by atoms with Crippen LogP contribution in [0.3, 0.4) is 0 Å². The predicted octanol–water partition coefficient (Wildman–Crippen LogP) is -0.0119. The maximum Gasteiger partial charge on any atom is 0.255 e. The van der Waals surface area contributed by atoms with Gasteiger partial charge in [-0.1, -0.05) is 36.4 Å². The number of aliphatic hydroxyl groups excluding tert-OH is 1. The van der Waals surface area contributed by atoms with Crippen molar-refractivity contribution in [3.8, 4) is 5.75 Å². The summed E-state index contributed by atoms with van der Waals surface area (Å²) in [6, 6.07) is 11.4. The minimum atomic E-state index is -1.28. The van der Waals surface area contributed by atoms with Gasteiger partial charge in [-0.3, -0.25) is 24.0 Å². The Hall–Kier alpha value is -4.45. The van der Waals surface area contributed by atoms with Crippen LogP contribution in [0.5, 0.6) is 5.75 Å². The lowest BCUT2D eigenvalue weighted by molar-refractivity contribution is -0.133. The maximum atomic E-state index is 13.2. The SMILES string of the molecule is C[C@@H](O)[C@@H]1NC(=O)C[C@@H](C(=O)NCc2ccc(CN3CCCC3=O)cc2)NC(=O)c2ccccc2OCCNC1=O. The number of carbonyl (C=O) groups excluding carboxylic acids is 5. The summed E-state index contributed by atoms with van der Waals surface area (Å²) in [6.07, 6.45) is -0.239. The molecule has 1 fully saturated rings. The van der Waals surface area contributed by atoms with E-state index in [0.29, 0.717) is 13.0 Å². The molecule has 0 unspecified atom stereocenters. The van der Waals surface area contributed by atoms with Crippen molar-refractivity contribution in [2.45, 2.75) is 57.5 Å². The number of carbonyl (C=O) groups is 5. The number of para-hydroxylation sites is 1. The van der Waals surface area contributed by atoms with Gasteiger partial charge in [0, 0.05) is 26.1 Å². The van der Waals surface area contributed by atoms with E-state index in [9.17, 15) is 29.1 Å². The van der Waals surface area contributed by atoms with E-state index in [1.807, 2.05) is 29.2 Å². The first-order chi connectivity index (χ1) is 19.7. The van der Waals surface area contributed by atoms with E-state index in [4.69, 9.17) is 4.74 Å². The van der Waals surface area contributed by atoms with Crippen molar-refractivity contribution in [2.75, 3.05) is 19.7 Å². The summed E-state index contributed by atoms with van der Waals surface area (Å²) in [4.78, 5) is 65.5. The minimum Gasteiger partial charge on any atom is -0.491 e. The Morgan fingerprint density at radius 1 is 1.07 bits per heavy atom. The lowest BCUT2D eigenvalue weighted by Gasteiger charge is -2.24. The highest BCUT2D eigenvalue weighted by Crippen LogP contribution is 2.19. The van der Waals surface area contributed by atoms with Crippen molar-refractivity contribution < 1.29 is 33.8 Å². The molecule has 0 spiro atoms. The number of rotatable bonds is 6. The van der Waals surface area contributed by atoms with Crippen molar-refractivity contribution in [3.05, 3.63) is 65.2 Å². The first-order valence-electron chi connectivity index (χ1n) is 13.6. The number of amides is 5. The van der Waals surface area contributed by atoms with Crippen molar-refractivity contribution >= 4 is 29.5 Å². The molecular weight excluding hydrogens is 530 g/mol. The van der Waals surface area contributed by atoms with Gasteiger partial charge in [0.25, 0.3) is 5.91 Å². The van der Waals surface area contributed by atoms with Crippen LogP contribution in [0.1, 0.15) is 47.7 Å². The highest BCUT2D eigenvalue weighted by Gasteiger charge is 2.30. The molecule has 2 heterocycles. The second-order valence-electron chi connectivity index (χ2n) is 10.1. The van der Waals surface area contributed by atoms with E-state index in [2.05, 4.69) is 21.3 Å². The van der Waals surface area contributed by atoms with Crippen molar-refractivity contribution in [2.24, 2.45) is 0 Å². The number of nitrogens with zero attached hydrogens (tertiary/aromatic N) is 1. The quantitative estimate of drug-likeness (QED) is 0.328. The van der Waals surface area contributed by atoms with Crippen LogP contribution >= 0.6 is 0 Å². The smallest absolute Gasteiger partial charge is 0.255 e. The molecule has 5 amide bonds. The maximum absolute atomic E-state index is 13.2. The Morgan fingerprint density at radius 2 is 1.80 bits per heavy atom. The summed E-state index contributed by atoms with van der Waals surface area (Å²) in [7, 11) is 0. The number of hydrogen-bond donors (Lipinski definition) is 5. The number of likely N-dealkylation sites (tertiary alicyclic amines) is 1. The summed E-state index contributed by atoms with van der Waals surface area (Å²) in [5.41, 5.74) is 1.93. The zero-order valence-corrected chi connectivity index (χ0v) is 22.9. The monoisotopic (exact) mass is 565 g/mol. The van der Waals surface area contributed by atoms with E-state index in [-0.39, 0.29) is 36.9 Å². The average molecular weight is 566 g/mol. The van der Waals surface area contributed by atoms with Gasteiger partial charge in [-0.2, -0.15) is 0 Å².